The SMILES string of the molecule is O=C(Cc1cccc(F)c1)Nc1ccc(N2CCCC2)nc1. The molecule has 5 heteroatoms. The molecule has 0 spiro atoms. The Kier molecular flexibility index (Phi) is 4.32. The molecule has 1 aromatic carbocycles. The van der Waals surface area contributed by atoms with Crippen LogP contribution >= 0.6 is 0 Å². The third kappa shape index (κ3) is 3.61. The van der Waals surface area contributed by atoms with Crippen LogP contribution in [0.25, 0.3) is 0 Å². The Morgan fingerprint density at radius 2 is 2.05 bits per heavy atom. The van der Waals surface area contributed by atoms with Crippen LogP contribution in [0.15, 0.2) is 42.6 Å². The lowest BCUT2D eigenvalue weighted by molar-refractivity contribution is -0.115. The first-order valence-electron chi connectivity index (χ1n) is 7.46. The number of halogens is 1. The third-order valence-corrected chi connectivity index (χ3v) is 3.72. The van der Waals surface area contributed by atoms with Gasteiger partial charge in [0.15, 0.2) is 0 Å². The van der Waals surface area contributed by atoms with E-state index in [0.29, 0.717) is 11.3 Å². The molecule has 0 atom stereocenters. The Bertz CT molecular complexity index is 651. The van der Waals surface area contributed by atoms with Crippen molar-refractivity contribution >= 4 is 17.4 Å². The van der Waals surface area contributed by atoms with E-state index in [1.165, 1.54) is 25.0 Å². The zero-order chi connectivity index (χ0) is 15.4. The number of rotatable bonds is 4. The molecule has 1 fully saturated rings. The highest BCUT2D eigenvalue weighted by molar-refractivity contribution is 5.92. The zero-order valence-corrected chi connectivity index (χ0v) is 12.3. The van der Waals surface area contributed by atoms with Crippen LogP contribution in [-0.4, -0.2) is 24.0 Å². The van der Waals surface area contributed by atoms with Crippen LogP contribution in [0.4, 0.5) is 15.9 Å². The summed E-state index contributed by atoms with van der Waals surface area (Å²) in [6.07, 6.45) is 4.21. The first-order chi connectivity index (χ1) is 10.7. The molecule has 0 aliphatic carbocycles. The van der Waals surface area contributed by atoms with Crippen LogP contribution in [0, 0.1) is 5.82 Å². The Labute approximate surface area is 129 Å². The molecule has 1 amide bonds. The number of anilines is 2. The second kappa shape index (κ2) is 6.56. The first-order valence-corrected chi connectivity index (χ1v) is 7.46. The maximum atomic E-state index is 13.1. The van der Waals surface area contributed by atoms with Gasteiger partial charge in [-0.25, -0.2) is 9.37 Å². The highest BCUT2D eigenvalue weighted by Crippen LogP contribution is 2.19. The summed E-state index contributed by atoms with van der Waals surface area (Å²) in [7, 11) is 0. The molecule has 0 radical (unpaired) electrons. The lowest BCUT2D eigenvalue weighted by atomic mass is 10.1. The molecule has 1 saturated heterocycles. The van der Waals surface area contributed by atoms with Crippen molar-refractivity contribution in [3.63, 3.8) is 0 Å². The van der Waals surface area contributed by atoms with Crippen molar-refractivity contribution in [2.45, 2.75) is 19.3 Å². The van der Waals surface area contributed by atoms with Gasteiger partial charge in [0.2, 0.25) is 5.91 Å². The molecular formula is C17H18FN3O. The van der Waals surface area contributed by atoms with Crippen molar-refractivity contribution < 1.29 is 9.18 Å². The monoisotopic (exact) mass is 299 g/mol. The minimum absolute atomic E-state index is 0.144. The maximum Gasteiger partial charge on any atom is 0.228 e. The van der Waals surface area contributed by atoms with Gasteiger partial charge in [0.1, 0.15) is 11.6 Å². The van der Waals surface area contributed by atoms with E-state index in [2.05, 4.69) is 15.2 Å². The van der Waals surface area contributed by atoms with E-state index in [-0.39, 0.29) is 18.1 Å². The second-order valence-electron chi connectivity index (χ2n) is 5.45. The molecule has 1 N–H and O–H groups in total. The number of carbonyl (C=O) groups is 1. The Morgan fingerprint density at radius 3 is 2.73 bits per heavy atom. The maximum absolute atomic E-state index is 13.1. The summed E-state index contributed by atoms with van der Waals surface area (Å²) in [4.78, 5) is 18.6. The minimum Gasteiger partial charge on any atom is -0.357 e. The summed E-state index contributed by atoms with van der Waals surface area (Å²) in [5, 5.41) is 2.79. The standard InChI is InChI=1S/C17H18FN3O/c18-14-5-3-4-13(10-14)11-17(22)20-15-6-7-16(19-12-15)21-8-1-2-9-21/h3-7,10,12H,1-2,8-9,11H2,(H,20,22). The van der Waals surface area contributed by atoms with Crippen molar-refractivity contribution in [3.05, 3.63) is 54.0 Å². The second-order valence-corrected chi connectivity index (χ2v) is 5.45. The van der Waals surface area contributed by atoms with Gasteiger partial charge in [0.25, 0.3) is 0 Å². The van der Waals surface area contributed by atoms with Gasteiger partial charge >= 0.3 is 0 Å². The summed E-state index contributed by atoms with van der Waals surface area (Å²) >= 11 is 0. The fourth-order valence-electron chi connectivity index (χ4n) is 2.63. The third-order valence-electron chi connectivity index (χ3n) is 3.72. The van der Waals surface area contributed by atoms with Crippen LogP contribution in [0.5, 0.6) is 0 Å². The van der Waals surface area contributed by atoms with Crippen LogP contribution in [0.1, 0.15) is 18.4 Å². The van der Waals surface area contributed by atoms with Crippen molar-refractivity contribution in [2.75, 3.05) is 23.3 Å². The van der Waals surface area contributed by atoms with Gasteiger partial charge in [-0.15, -0.1) is 0 Å². The average Bonchev–Trinajstić information content (AvgIpc) is 3.02. The lowest BCUT2D eigenvalue weighted by Gasteiger charge is -2.16. The first kappa shape index (κ1) is 14.5. The quantitative estimate of drug-likeness (QED) is 0.944. The number of carbonyl (C=O) groups excluding carboxylic acids is 1. The highest BCUT2D eigenvalue weighted by Gasteiger charge is 2.13. The fraction of sp³-hybridized carbons (Fsp3) is 0.294. The summed E-state index contributed by atoms with van der Waals surface area (Å²) in [6, 6.07) is 9.84. The lowest BCUT2D eigenvalue weighted by Crippen LogP contribution is -2.19. The van der Waals surface area contributed by atoms with Crippen molar-refractivity contribution in [2.24, 2.45) is 0 Å². The van der Waals surface area contributed by atoms with Crippen LogP contribution < -0.4 is 10.2 Å². The highest BCUT2D eigenvalue weighted by atomic mass is 19.1. The van der Waals surface area contributed by atoms with Gasteiger partial charge in [-0.3, -0.25) is 4.79 Å². The van der Waals surface area contributed by atoms with Crippen LogP contribution in [0.3, 0.4) is 0 Å². The van der Waals surface area contributed by atoms with E-state index in [0.717, 1.165) is 18.9 Å². The summed E-state index contributed by atoms with van der Waals surface area (Å²) in [6.45, 7) is 2.08. The Hall–Kier alpha value is -2.43. The van der Waals surface area contributed by atoms with Gasteiger partial charge < -0.3 is 10.2 Å². The van der Waals surface area contributed by atoms with Crippen LogP contribution in [-0.2, 0) is 11.2 Å². The predicted molar refractivity (Wildman–Crippen MR) is 84.4 cm³/mol. The van der Waals surface area contributed by atoms with Crippen molar-refractivity contribution in [1.29, 1.82) is 0 Å². The van der Waals surface area contributed by atoms with Gasteiger partial charge in [0.05, 0.1) is 18.3 Å². The minimum atomic E-state index is -0.332. The van der Waals surface area contributed by atoms with E-state index >= 15 is 0 Å². The van der Waals surface area contributed by atoms with E-state index in [1.54, 1.807) is 18.3 Å². The van der Waals surface area contributed by atoms with E-state index in [9.17, 15) is 9.18 Å². The van der Waals surface area contributed by atoms with Crippen molar-refractivity contribution in [1.82, 2.24) is 4.98 Å². The van der Waals surface area contributed by atoms with Gasteiger partial charge in [-0.05, 0) is 42.7 Å². The molecule has 1 aromatic heterocycles. The molecule has 2 heterocycles. The number of aromatic nitrogens is 1. The Balaban J connectivity index is 1.59. The largest absolute Gasteiger partial charge is 0.357 e. The number of hydrogen-bond donors (Lipinski definition) is 1. The van der Waals surface area contributed by atoms with E-state index < -0.39 is 0 Å². The molecule has 0 bridgehead atoms. The number of nitrogens with zero attached hydrogens (tertiary/aromatic N) is 2. The van der Waals surface area contributed by atoms with Gasteiger partial charge in [-0.1, -0.05) is 12.1 Å². The summed E-state index contributed by atoms with van der Waals surface area (Å²) < 4.78 is 13.1. The van der Waals surface area contributed by atoms with Gasteiger partial charge in [-0.2, -0.15) is 0 Å². The zero-order valence-electron chi connectivity index (χ0n) is 12.3. The van der Waals surface area contributed by atoms with Crippen LogP contribution in [0.2, 0.25) is 0 Å². The van der Waals surface area contributed by atoms with E-state index in [1.807, 2.05) is 12.1 Å². The summed E-state index contributed by atoms with van der Waals surface area (Å²) in [5.41, 5.74) is 1.31. The topological polar surface area (TPSA) is 45.2 Å². The van der Waals surface area contributed by atoms with Gasteiger partial charge in [0, 0.05) is 13.1 Å². The number of nitrogens with one attached hydrogen (secondary N) is 1. The molecular weight excluding hydrogens is 281 g/mol. The summed E-state index contributed by atoms with van der Waals surface area (Å²) in [5.74, 6) is 0.434. The molecule has 22 heavy (non-hydrogen) atoms. The number of amides is 1. The molecule has 2 aromatic rings. The smallest absolute Gasteiger partial charge is 0.228 e. The number of hydrogen-bond acceptors (Lipinski definition) is 3. The molecule has 0 unspecified atom stereocenters. The predicted octanol–water partition coefficient (Wildman–Crippen LogP) is 3.00. The average molecular weight is 299 g/mol. The molecule has 3 rings (SSSR count). The number of benzene rings is 1. The molecule has 4 nitrogen and oxygen atoms in total. The molecule has 1 aliphatic heterocycles. The van der Waals surface area contributed by atoms with E-state index in [4.69, 9.17) is 0 Å². The Morgan fingerprint density at radius 1 is 1.23 bits per heavy atom. The molecule has 1 aliphatic rings. The fourth-order valence-corrected chi connectivity index (χ4v) is 2.63. The number of pyridine rings is 1. The molecule has 114 valence electrons. The molecule has 0 saturated carbocycles. The normalized spacial score (nSPS) is 14.1. The van der Waals surface area contributed by atoms with Crippen molar-refractivity contribution in [3.8, 4) is 0 Å².